The number of amides is 3. The highest BCUT2D eigenvalue weighted by Crippen LogP contribution is 2.20. The van der Waals surface area contributed by atoms with Crippen molar-refractivity contribution in [3.05, 3.63) is 60.2 Å². The lowest BCUT2D eigenvalue weighted by Gasteiger charge is -2.26. The average Bonchev–Trinajstić information content (AvgIpc) is 2.68. The van der Waals surface area contributed by atoms with E-state index in [2.05, 4.69) is 16.0 Å². The zero-order valence-electron chi connectivity index (χ0n) is 16.7. The molecule has 0 bridgehead atoms. The Kier molecular flexibility index (Phi) is 7.83. The van der Waals surface area contributed by atoms with E-state index in [9.17, 15) is 9.59 Å². The van der Waals surface area contributed by atoms with Crippen molar-refractivity contribution < 1.29 is 14.3 Å². The van der Waals surface area contributed by atoms with Gasteiger partial charge in [-0.1, -0.05) is 30.3 Å². The van der Waals surface area contributed by atoms with Crippen LogP contribution in [-0.2, 0) is 4.79 Å². The molecule has 0 aromatic heterocycles. The number of hydrogen-bond donors (Lipinski definition) is 3. The second-order valence-corrected chi connectivity index (χ2v) is 6.68. The number of carbonyl (C=O) groups is 2. The first-order valence-electron chi connectivity index (χ1n) is 9.11. The molecule has 0 saturated heterocycles. The summed E-state index contributed by atoms with van der Waals surface area (Å²) in [4.78, 5) is 26.5. The number of nitrogens with zero attached hydrogens (tertiary/aromatic N) is 1. The van der Waals surface area contributed by atoms with E-state index in [4.69, 9.17) is 4.74 Å². The van der Waals surface area contributed by atoms with Crippen molar-refractivity contribution in [2.75, 3.05) is 33.1 Å². The Balaban J connectivity index is 1.87. The van der Waals surface area contributed by atoms with E-state index in [-0.39, 0.29) is 11.9 Å². The molecule has 0 heterocycles. The molecule has 0 aliphatic heterocycles. The maximum Gasteiger partial charge on any atom is 0.319 e. The lowest BCUT2D eigenvalue weighted by atomic mass is 10.1. The van der Waals surface area contributed by atoms with Crippen molar-refractivity contribution in [2.24, 2.45) is 0 Å². The van der Waals surface area contributed by atoms with Gasteiger partial charge in [0.15, 0.2) is 0 Å². The van der Waals surface area contributed by atoms with Crippen LogP contribution in [0.3, 0.4) is 0 Å². The third-order valence-electron chi connectivity index (χ3n) is 4.37. The van der Waals surface area contributed by atoms with Gasteiger partial charge in [0.2, 0.25) is 5.91 Å². The van der Waals surface area contributed by atoms with E-state index in [1.807, 2.05) is 61.5 Å². The third-order valence-corrected chi connectivity index (χ3v) is 4.37. The number of anilines is 1. The third kappa shape index (κ3) is 6.28. The molecule has 2 rings (SSSR count). The molecule has 0 radical (unpaired) electrons. The summed E-state index contributed by atoms with van der Waals surface area (Å²) in [6.07, 6.45) is 0. The quantitative estimate of drug-likeness (QED) is 0.653. The maximum atomic E-state index is 12.4. The van der Waals surface area contributed by atoms with Crippen LogP contribution in [0.4, 0.5) is 10.5 Å². The van der Waals surface area contributed by atoms with E-state index < -0.39 is 12.1 Å². The minimum atomic E-state index is -0.664. The fourth-order valence-corrected chi connectivity index (χ4v) is 2.73. The van der Waals surface area contributed by atoms with Gasteiger partial charge in [-0.05, 0) is 50.8 Å². The molecule has 2 atom stereocenters. The second-order valence-electron chi connectivity index (χ2n) is 6.68. The SMILES string of the molecule is COc1ccc([C@H](CNC(=O)[C@H](C)NC(=O)Nc2ccccc2)N(C)C)cc1. The number of likely N-dealkylation sites (N-methyl/N-ethyl adjacent to an activating group) is 1. The summed E-state index contributed by atoms with van der Waals surface area (Å²) in [6.45, 7) is 2.07. The van der Waals surface area contributed by atoms with E-state index >= 15 is 0 Å². The van der Waals surface area contributed by atoms with Crippen molar-refractivity contribution >= 4 is 17.6 Å². The largest absolute Gasteiger partial charge is 0.497 e. The number of methoxy groups -OCH3 is 1. The number of para-hydroxylation sites is 1. The Labute approximate surface area is 166 Å². The van der Waals surface area contributed by atoms with Crippen LogP contribution in [0.15, 0.2) is 54.6 Å². The zero-order valence-corrected chi connectivity index (χ0v) is 16.7. The van der Waals surface area contributed by atoms with Gasteiger partial charge in [-0.3, -0.25) is 4.79 Å². The van der Waals surface area contributed by atoms with Crippen LogP contribution in [0, 0.1) is 0 Å². The highest BCUT2D eigenvalue weighted by molar-refractivity contribution is 5.93. The normalized spacial score (nSPS) is 12.8. The zero-order chi connectivity index (χ0) is 20.5. The van der Waals surface area contributed by atoms with Crippen LogP contribution in [0.1, 0.15) is 18.5 Å². The highest BCUT2D eigenvalue weighted by Gasteiger charge is 2.19. The lowest BCUT2D eigenvalue weighted by molar-refractivity contribution is -0.122. The minimum Gasteiger partial charge on any atom is -0.497 e. The van der Waals surface area contributed by atoms with Crippen molar-refractivity contribution in [3.63, 3.8) is 0 Å². The summed E-state index contributed by atoms with van der Waals surface area (Å²) < 4.78 is 5.19. The van der Waals surface area contributed by atoms with Crippen LogP contribution in [-0.4, -0.2) is 50.6 Å². The molecule has 0 spiro atoms. The molecular formula is C21H28N4O3. The first kappa shape index (κ1) is 21.2. The summed E-state index contributed by atoms with van der Waals surface area (Å²) in [5.74, 6) is 0.538. The molecule has 3 amide bonds. The topological polar surface area (TPSA) is 82.7 Å². The van der Waals surface area contributed by atoms with Crippen LogP contribution in [0.25, 0.3) is 0 Å². The lowest BCUT2D eigenvalue weighted by Crippen LogP contribution is -2.47. The predicted octanol–water partition coefficient (Wildman–Crippen LogP) is 2.62. The molecule has 150 valence electrons. The van der Waals surface area contributed by atoms with Gasteiger partial charge in [0.1, 0.15) is 11.8 Å². The number of nitrogens with one attached hydrogen (secondary N) is 3. The molecule has 3 N–H and O–H groups in total. The van der Waals surface area contributed by atoms with Crippen LogP contribution in [0.5, 0.6) is 5.75 Å². The fourth-order valence-electron chi connectivity index (χ4n) is 2.73. The monoisotopic (exact) mass is 384 g/mol. The second kappa shape index (κ2) is 10.3. The summed E-state index contributed by atoms with van der Waals surface area (Å²) >= 11 is 0. The number of carbonyl (C=O) groups excluding carboxylic acids is 2. The first-order chi connectivity index (χ1) is 13.4. The molecule has 7 nitrogen and oxygen atoms in total. The van der Waals surface area contributed by atoms with Gasteiger partial charge in [0.25, 0.3) is 0 Å². The van der Waals surface area contributed by atoms with E-state index in [0.717, 1.165) is 11.3 Å². The Morgan fingerprint density at radius 1 is 1.04 bits per heavy atom. The molecule has 0 unspecified atom stereocenters. The molecule has 2 aromatic carbocycles. The van der Waals surface area contributed by atoms with Gasteiger partial charge >= 0.3 is 6.03 Å². The number of urea groups is 1. The number of rotatable bonds is 8. The van der Waals surface area contributed by atoms with Crippen molar-refractivity contribution in [1.29, 1.82) is 0 Å². The van der Waals surface area contributed by atoms with Crippen LogP contribution < -0.4 is 20.7 Å². The smallest absolute Gasteiger partial charge is 0.319 e. The van der Waals surface area contributed by atoms with Gasteiger partial charge in [-0.15, -0.1) is 0 Å². The average molecular weight is 384 g/mol. The van der Waals surface area contributed by atoms with Gasteiger partial charge in [-0.2, -0.15) is 0 Å². The van der Waals surface area contributed by atoms with Crippen LogP contribution >= 0.6 is 0 Å². The highest BCUT2D eigenvalue weighted by atomic mass is 16.5. The molecule has 2 aromatic rings. The summed E-state index contributed by atoms with van der Waals surface area (Å²) in [6, 6.07) is 15.7. The fraction of sp³-hybridized carbons (Fsp3) is 0.333. The molecule has 0 aliphatic rings. The molecule has 28 heavy (non-hydrogen) atoms. The summed E-state index contributed by atoms with van der Waals surface area (Å²) in [7, 11) is 5.53. The number of benzene rings is 2. The molecule has 7 heteroatoms. The van der Waals surface area contributed by atoms with Gasteiger partial charge in [0.05, 0.1) is 13.2 Å². The van der Waals surface area contributed by atoms with Crippen molar-refractivity contribution in [2.45, 2.75) is 19.0 Å². The number of hydrogen-bond acceptors (Lipinski definition) is 4. The van der Waals surface area contributed by atoms with Gasteiger partial charge in [0, 0.05) is 12.2 Å². The standard InChI is InChI=1S/C21H28N4O3/c1-15(23-21(27)24-17-8-6-5-7-9-17)20(26)22-14-19(25(2)3)16-10-12-18(28-4)13-11-16/h5-13,15,19H,14H2,1-4H3,(H,22,26)(H2,23,24,27)/t15-,19-/m0/s1. The Morgan fingerprint density at radius 2 is 1.68 bits per heavy atom. The minimum absolute atomic E-state index is 0.000186. The van der Waals surface area contributed by atoms with Crippen LogP contribution in [0.2, 0.25) is 0 Å². The predicted molar refractivity (Wildman–Crippen MR) is 110 cm³/mol. The van der Waals surface area contributed by atoms with Gasteiger partial charge < -0.3 is 25.6 Å². The summed E-state index contributed by atoms with van der Waals surface area (Å²) in [5, 5.41) is 8.25. The number of ether oxygens (including phenoxy) is 1. The van der Waals surface area contributed by atoms with Gasteiger partial charge in [-0.25, -0.2) is 4.79 Å². The molecule has 0 fully saturated rings. The Hall–Kier alpha value is -3.06. The molecule has 0 saturated carbocycles. The Morgan fingerprint density at radius 3 is 2.25 bits per heavy atom. The van der Waals surface area contributed by atoms with Crippen molar-refractivity contribution in [3.8, 4) is 5.75 Å². The summed E-state index contributed by atoms with van der Waals surface area (Å²) in [5.41, 5.74) is 1.73. The van der Waals surface area contributed by atoms with E-state index in [1.54, 1.807) is 26.2 Å². The molecular weight excluding hydrogens is 356 g/mol. The first-order valence-corrected chi connectivity index (χ1v) is 9.11. The molecule has 0 aliphatic carbocycles. The van der Waals surface area contributed by atoms with Crippen molar-refractivity contribution in [1.82, 2.24) is 15.5 Å². The van der Waals surface area contributed by atoms with E-state index in [0.29, 0.717) is 12.2 Å². The van der Waals surface area contributed by atoms with E-state index in [1.165, 1.54) is 0 Å². The maximum absolute atomic E-state index is 12.4. The Bertz CT molecular complexity index is 763.